The standard InChI is InChI=1S/C25H23ClF3N9O.CH2O2/c26-19-11-16(5-6-17(19)24(39)35-15-3-1-14(31)2-4-15)34-22-23-33-12-20(38(23)10-8-32-22)18-13-37(9-7-30)36-21(18)25(27,28)29;2-1-3/h5-6,8,10-15H,1-4,9,31H2,(H,32,34)(H,35,39);1H,(H,2,3). The number of hydrogen-bond donors (Lipinski definition) is 4. The van der Waals surface area contributed by atoms with Crippen LogP contribution in [0.5, 0.6) is 0 Å². The molecular formula is C26H25ClF3N9O3. The molecule has 0 aliphatic heterocycles. The average molecular weight is 604 g/mol. The van der Waals surface area contributed by atoms with E-state index in [1.165, 1.54) is 23.0 Å². The number of carbonyl (C=O) groups is 2. The Morgan fingerprint density at radius 3 is 2.62 bits per heavy atom. The van der Waals surface area contributed by atoms with Gasteiger partial charge in [0.2, 0.25) is 0 Å². The van der Waals surface area contributed by atoms with E-state index in [2.05, 4.69) is 25.7 Å². The first-order valence-corrected chi connectivity index (χ1v) is 13.0. The Labute approximate surface area is 241 Å². The molecule has 220 valence electrons. The summed E-state index contributed by atoms with van der Waals surface area (Å²) in [6, 6.07) is 6.81. The lowest BCUT2D eigenvalue weighted by atomic mass is 9.91. The van der Waals surface area contributed by atoms with E-state index in [4.69, 9.17) is 32.5 Å². The third-order valence-electron chi connectivity index (χ3n) is 6.55. The maximum absolute atomic E-state index is 13.7. The minimum atomic E-state index is -4.73. The van der Waals surface area contributed by atoms with Crippen LogP contribution >= 0.6 is 11.6 Å². The van der Waals surface area contributed by atoms with Crippen LogP contribution in [-0.2, 0) is 17.5 Å². The van der Waals surface area contributed by atoms with Crippen LogP contribution in [-0.4, -0.2) is 53.7 Å². The largest absolute Gasteiger partial charge is 0.483 e. The third kappa shape index (κ3) is 6.78. The highest BCUT2D eigenvalue weighted by Gasteiger charge is 2.38. The van der Waals surface area contributed by atoms with Gasteiger partial charge >= 0.3 is 6.18 Å². The van der Waals surface area contributed by atoms with Gasteiger partial charge < -0.3 is 21.5 Å². The number of alkyl halides is 3. The summed E-state index contributed by atoms with van der Waals surface area (Å²) in [4.78, 5) is 29.7. The number of rotatable bonds is 6. The fraction of sp³-hybridized carbons (Fsp3) is 0.308. The lowest BCUT2D eigenvalue weighted by Gasteiger charge is -2.27. The number of imidazole rings is 1. The number of nitrogens with one attached hydrogen (secondary N) is 2. The minimum absolute atomic E-state index is 0.0486. The van der Waals surface area contributed by atoms with Crippen LogP contribution < -0.4 is 16.4 Å². The fourth-order valence-corrected chi connectivity index (χ4v) is 4.89. The topological polar surface area (TPSA) is 176 Å². The van der Waals surface area contributed by atoms with E-state index >= 15 is 0 Å². The molecule has 0 unspecified atom stereocenters. The molecule has 1 fully saturated rings. The van der Waals surface area contributed by atoms with Gasteiger partial charge in [-0.3, -0.25) is 18.7 Å². The summed E-state index contributed by atoms with van der Waals surface area (Å²) in [7, 11) is 0. The zero-order valence-electron chi connectivity index (χ0n) is 21.8. The molecule has 12 nitrogen and oxygen atoms in total. The zero-order chi connectivity index (χ0) is 30.4. The SMILES string of the molecule is N#CCn1cc(-c2cnc3c(Nc4ccc(C(=O)NC5CCC(N)CC5)c(Cl)c4)nccn23)c(C(F)(F)F)n1.O=CO. The lowest BCUT2D eigenvalue weighted by molar-refractivity contribution is -0.141. The summed E-state index contributed by atoms with van der Waals surface area (Å²) < 4.78 is 43.4. The van der Waals surface area contributed by atoms with Gasteiger partial charge in [0.15, 0.2) is 17.2 Å². The van der Waals surface area contributed by atoms with Crippen molar-refractivity contribution in [3.8, 4) is 17.3 Å². The summed E-state index contributed by atoms with van der Waals surface area (Å²) in [5.41, 5.74) is 5.79. The lowest BCUT2D eigenvalue weighted by Crippen LogP contribution is -2.40. The van der Waals surface area contributed by atoms with Gasteiger partial charge in [0.05, 0.1) is 34.1 Å². The molecule has 0 atom stereocenters. The Kier molecular flexibility index (Phi) is 9.28. The number of nitriles is 1. The van der Waals surface area contributed by atoms with E-state index < -0.39 is 11.9 Å². The number of hydrogen-bond acceptors (Lipinski definition) is 8. The van der Waals surface area contributed by atoms with Gasteiger partial charge in [-0.05, 0) is 43.9 Å². The Morgan fingerprint density at radius 1 is 1.26 bits per heavy atom. The van der Waals surface area contributed by atoms with Crippen LogP contribution in [0.4, 0.5) is 24.7 Å². The number of aromatic nitrogens is 5. The molecule has 5 N–H and O–H groups in total. The van der Waals surface area contributed by atoms with Crippen molar-refractivity contribution in [2.24, 2.45) is 5.73 Å². The van der Waals surface area contributed by atoms with Crippen molar-refractivity contribution in [3.63, 3.8) is 0 Å². The van der Waals surface area contributed by atoms with Gasteiger partial charge in [-0.15, -0.1) is 0 Å². The molecular weight excluding hydrogens is 579 g/mol. The molecule has 1 saturated carbocycles. The van der Waals surface area contributed by atoms with Gasteiger partial charge in [-0.2, -0.15) is 23.5 Å². The molecule has 3 aromatic heterocycles. The zero-order valence-corrected chi connectivity index (χ0v) is 22.6. The third-order valence-corrected chi connectivity index (χ3v) is 6.86. The normalized spacial score (nSPS) is 16.7. The van der Waals surface area contributed by atoms with Gasteiger partial charge in [0.1, 0.15) is 6.54 Å². The molecule has 1 aliphatic rings. The summed E-state index contributed by atoms with van der Waals surface area (Å²) in [5.74, 6) is -0.0175. The maximum Gasteiger partial charge on any atom is 0.435 e. The molecule has 3 heterocycles. The maximum atomic E-state index is 13.7. The Hall–Kier alpha value is -4.68. The van der Waals surface area contributed by atoms with Crippen LogP contribution in [0.25, 0.3) is 16.9 Å². The van der Waals surface area contributed by atoms with Crippen molar-refractivity contribution in [3.05, 3.63) is 59.3 Å². The molecule has 0 radical (unpaired) electrons. The summed E-state index contributed by atoms with van der Waals surface area (Å²) in [6.45, 7) is -0.586. The number of anilines is 2. The van der Waals surface area contributed by atoms with Crippen molar-refractivity contribution in [2.45, 2.75) is 50.5 Å². The van der Waals surface area contributed by atoms with Crippen LogP contribution in [0.1, 0.15) is 41.7 Å². The number of carbonyl (C=O) groups excluding carboxylic acids is 1. The van der Waals surface area contributed by atoms with E-state index in [1.54, 1.807) is 24.3 Å². The monoisotopic (exact) mass is 603 g/mol. The molecule has 1 aromatic carbocycles. The number of nitrogens with zero attached hydrogens (tertiary/aromatic N) is 6. The van der Waals surface area contributed by atoms with Gasteiger partial charge in [-0.25, -0.2) is 9.97 Å². The van der Waals surface area contributed by atoms with Crippen molar-refractivity contribution in [2.75, 3.05) is 5.32 Å². The number of amides is 1. The van der Waals surface area contributed by atoms with Gasteiger partial charge in [-0.1, -0.05) is 11.6 Å². The molecule has 0 bridgehead atoms. The summed E-state index contributed by atoms with van der Waals surface area (Å²) in [5, 5.41) is 25.6. The van der Waals surface area contributed by atoms with E-state index in [1.807, 2.05) is 0 Å². The fourth-order valence-electron chi connectivity index (χ4n) is 4.62. The van der Waals surface area contributed by atoms with Crippen LogP contribution in [0.15, 0.2) is 43.0 Å². The number of halogens is 4. The number of fused-ring (bicyclic) bond motifs is 1. The van der Waals surface area contributed by atoms with Crippen LogP contribution in [0.3, 0.4) is 0 Å². The van der Waals surface area contributed by atoms with Crippen LogP contribution in [0, 0.1) is 11.3 Å². The molecule has 1 aliphatic carbocycles. The molecule has 4 aromatic rings. The van der Waals surface area contributed by atoms with Gasteiger partial charge in [0.25, 0.3) is 12.4 Å². The first-order chi connectivity index (χ1) is 20.0. The second kappa shape index (κ2) is 12.9. The molecule has 16 heteroatoms. The highest BCUT2D eigenvalue weighted by molar-refractivity contribution is 6.34. The Balaban J connectivity index is 0.00000129. The van der Waals surface area contributed by atoms with E-state index in [0.717, 1.165) is 36.6 Å². The van der Waals surface area contributed by atoms with Gasteiger partial charge in [0, 0.05) is 36.4 Å². The Bertz CT molecular complexity index is 1620. The highest BCUT2D eigenvalue weighted by Crippen LogP contribution is 2.37. The number of nitrogens with two attached hydrogens (primary N) is 1. The second-order valence-corrected chi connectivity index (χ2v) is 9.78. The first-order valence-electron chi connectivity index (χ1n) is 12.6. The van der Waals surface area contributed by atoms with E-state index in [-0.39, 0.29) is 58.8 Å². The molecule has 1 amide bonds. The van der Waals surface area contributed by atoms with Crippen molar-refractivity contribution in [1.82, 2.24) is 29.5 Å². The summed E-state index contributed by atoms with van der Waals surface area (Å²) in [6.07, 6.45) is 3.94. The molecule has 0 spiro atoms. The minimum Gasteiger partial charge on any atom is -0.483 e. The number of carboxylic acid groups (broad SMARTS) is 1. The quantitative estimate of drug-likeness (QED) is 0.235. The number of benzene rings is 1. The van der Waals surface area contributed by atoms with Crippen molar-refractivity contribution in [1.29, 1.82) is 5.26 Å². The highest BCUT2D eigenvalue weighted by atomic mass is 35.5. The summed E-state index contributed by atoms with van der Waals surface area (Å²) >= 11 is 6.42. The Morgan fingerprint density at radius 2 is 1.98 bits per heavy atom. The van der Waals surface area contributed by atoms with Crippen molar-refractivity contribution < 1.29 is 27.9 Å². The average Bonchev–Trinajstić information content (AvgIpc) is 3.56. The van der Waals surface area contributed by atoms with E-state index in [0.29, 0.717) is 11.3 Å². The van der Waals surface area contributed by atoms with E-state index in [9.17, 15) is 18.0 Å². The van der Waals surface area contributed by atoms with Crippen LogP contribution in [0.2, 0.25) is 5.02 Å². The first kappa shape index (κ1) is 30.3. The van der Waals surface area contributed by atoms with Crippen molar-refractivity contribution >= 4 is 41.1 Å². The predicted octanol–water partition coefficient (Wildman–Crippen LogP) is 4.23. The second-order valence-electron chi connectivity index (χ2n) is 9.37. The predicted molar refractivity (Wildman–Crippen MR) is 146 cm³/mol. The smallest absolute Gasteiger partial charge is 0.435 e. The molecule has 0 saturated heterocycles. The molecule has 42 heavy (non-hydrogen) atoms. The molecule has 5 rings (SSSR count).